The molecule has 0 aliphatic carbocycles. The van der Waals surface area contributed by atoms with Crippen molar-refractivity contribution in [3.63, 3.8) is 0 Å². The van der Waals surface area contributed by atoms with E-state index in [4.69, 9.17) is 5.11 Å². The molecule has 108 valence electrons. The number of carbonyl (C=O) groups is 2. The van der Waals surface area contributed by atoms with Gasteiger partial charge in [-0.05, 0) is 23.6 Å². The van der Waals surface area contributed by atoms with E-state index in [1.54, 1.807) is 19.9 Å². The largest absolute Gasteiger partial charge is 0.480 e. The summed E-state index contributed by atoms with van der Waals surface area (Å²) in [5.74, 6) is -1.24. The van der Waals surface area contributed by atoms with Gasteiger partial charge in [-0.2, -0.15) is 0 Å². The minimum atomic E-state index is -1.05. The zero-order valence-corrected chi connectivity index (χ0v) is 12.8. The molecule has 1 unspecified atom stereocenters. The highest BCUT2D eigenvalue weighted by atomic mass is 79.9. The molecule has 20 heavy (non-hydrogen) atoms. The van der Waals surface area contributed by atoms with E-state index < -0.39 is 18.0 Å². The molecule has 0 spiro atoms. The van der Waals surface area contributed by atoms with Crippen molar-refractivity contribution < 1.29 is 14.7 Å². The summed E-state index contributed by atoms with van der Waals surface area (Å²) in [4.78, 5) is 22.5. The predicted octanol–water partition coefficient (Wildman–Crippen LogP) is 2.83. The minimum absolute atomic E-state index is 0.189. The first-order valence-electron chi connectivity index (χ1n) is 6.12. The second kappa shape index (κ2) is 7.69. The van der Waals surface area contributed by atoms with Gasteiger partial charge < -0.3 is 15.7 Å². The zero-order valence-electron chi connectivity index (χ0n) is 11.3. The minimum Gasteiger partial charge on any atom is -0.480 e. The summed E-state index contributed by atoms with van der Waals surface area (Å²) < 4.78 is 0.907. The third-order valence-electron chi connectivity index (χ3n) is 2.60. The van der Waals surface area contributed by atoms with Gasteiger partial charge in [0.1, 0.15) is 6.04 Å². The Morgan fingerprint density at radius 2 is 1.95 bits per heavy atom. The van der Waals surface area contributed by atoms with Crippen molar-refractivity contribution in [1.29, 1.82) is 0 Å². The van der Waals surface area contributed by atoms with E-state index in [2.05, 4.69) is 26.6 Å². The maximum Gasteiger partial charge on any atom is 0.326 e. The van der Waals surface area contributed by atoms with Crippen molar-refractivity contribution >= 4 is 34.0 Å². The quantitative estimate of drug-likeness (QED) is 0.771. The lowest BCUT2D eigenvalue weighted by atomic mass is 10.1. The molecule has 0 aliphatic heterocycles. The Morgan fingerprint density at radius 3 is 2.50 bits per heavy atom. The Balaban J connectivity index is 2.55. The predicted molar refractivity (Wildman–Crippen MR) is 81.1 cm³/mol. The van der Waals surface area contributed by atoms with E-state index in [-0.39, 0.29) is 5.92 Å². The molecule has 0 saturated carbocycles. The van der Waals surface area contributed by atoms with Gasteiger partial charge in [0.05, 0.1) is 0 Å². The molecule has 1 atom stereocenters. The van der Waals surface area contributed by atoms with Crippen LogP contribution in [0.15, 0.2) is 34.9 Å². The van der Waals surface area contributed by atoms with Crippen LogP contribution in [0.3, 0.4) is 0 Å². The van der Waals surface area contributed by atoms with Crippen LogP contribution in [0.2, 0.25) is 0 Å². The fourth-order valence-corrected chi connectivity index (χ4v) is 1.93. The second-order valence-electron chi connectivity index (χ2n) is 4.53. The molecule has 0 aliphatic rings. The number of carboxylic acids is 1. The van der Waals surface area contributed by atoms with E-state index in [0.717, 1.165) is 10.0 Å². The lowest BCUT2D eigenvalue weighted by Gasteiger charge is -2.17. The van der Waals surface area contributed by atoms with E-state index in [0.29, 0.717) is 0 Å². The first-order chi connectivity index (χ1) is 9.41. The van der Waals surface area contributed by atoms with E-state index in [1.807, 2.05) is 24.3 Å². The Kier molecular flexibility index (Phi) is 6.24. The number of hydrogen-bond donors (Lipinski definition) is 3. The number of urea groups is 1. The molecule has 1 aromatic carbocycles. The van der Waals surface area contributed by atoms with Gasteiger partial charge in [0.15, 0.2) is 0 Å². The van der Waals surface area contributed by atoms with Crippen LogP contribution < -0.4 is 10.6 Å². The van der Waals surface area contributed by atoms with Gasteiger partial charge in [-0.1, -0.05) is 48.0 Å². The maximum absolute atomic E-state index is 11.6. The molecule has 3 N–H and O–H groups in total. The molecule has 0 aromatic heterocycles. The summed E-state index contributed by atoms with van der Waals surface area (Å²) in [5, 5.41) is 13.9. The van der Waals surface area contributed by atoms with Gasteiger partial charge in [0.2, 0.25) is 0 Å². The van der Waals surface area contributed by atoms with Crippen LogP contribution in [-0.2, 0) is 4.79 Å². The number of benzene rings is 1. The van der Waals surface area contributed by atoms with Crippen LogP contribution in [0, 0.1) is 5.92 Å². The average molecular weight is 341 g/mol. The van der Waals surface area contributed by atoms with Crippen LogP contribution in [0.4, 0.5) is 4.79 Å². The number of carboxylic acid groups (broad SMARTS) is 1. The topological polar surface area (TPSA) is 78.4 Å². The summed E-state index contributed by atoms with van der Waals surface area (Å²) >= 11 is 3.38. The molecular formula is C14H17BrN2O3. The number of amides is 2. The molecule has 6 heteroatoms. The lowest BCUT2D eigenvalue weighted by Crippen LogP contribution is -2.47. The highest BCUT2D eigenvalue weighted by Crippen LogP contribution is 2.16. The van der Waals surface area contributed by atoms with E-state index >= 15 is 0 Å². The molecule has 0 bridgehead atoms. The van der Waals surface area contributed by atoms with Crippen LogP contribution in [-0.4, -0.2) is 23.1 Å². The Bertz CT molecular complexity index is 515. The van der Waals surface area contributed by atoms with Gasteiger partial charge in [0.25, 0.3) is 0 Å². The van der Waals surface area contributed by atoms with Gasteiger partial charge in [-0.15, -0.1) is 0 Å². The number of halogens is 1. The third kappa shape index (κ3) is 5.05. The molecule has 1 aromatic rings. The van der Waals surface area contributed by atoms with E-state index in [1.165, 1.54) is 6.20 Å². The standard InChI is InChI=1S/C14H17BrN2O3/c1-9(2)12(13(18)19)17-14(20)16-8-7-10-5-3-4-6-11(10)15/h3-9,12H,1-2H3,(H,18,19)(H2,16,17,20)/b8-7+. The number of nitrogens with one attached hydrogen (secondary N) is 2. The van der Waals surface area contributed by atoms with Gasteiger partial charge in [-0.3, -0.25) is 0 Å². The van der Waals surface area contributed by atoms with Crippen molar-refractivity contribution in [2.24, 2.45) is 5.92 Å². The summed E-state index contributed by atoms with van der Waals surface area (Å²) in [6, 6.07) is 6.08. The number of rotatable bonds is 5. The van der Waals surface area contributed by atoms with Crippen molar-refractivity contribution in [2.75, 3.05) is 0 Å². The summed E-state index contributed by atoms with van der Waals surface area (Å²) in [6.07, 6.45) is 3.18. The number of hydrogen-bond acceptors (Lipinski definition) is 2. The smallest absolute Gasteiger partial charge is 0.326 e. The van der Waals surface area contributed by atoms with Crippen LogP contribution in [0.5, 0.6) is 0 Å². The molecule has 1 rings (SSSR count). The fourth-order valence-electron chi connectivity index (χ4n) is 1.51. The first-order valence-corrected chi connectivity index (χ1v) is 6.92. The SMILES string of the molecule is CC(C)C(NC(=O)N/C=C/c1ccccc1Br)C(=O)O. The van der Waals surface area contributed by atoms with Crippen LogP contribution >= 0.6 is 15.9 Å². The van der Waals surface area contributed by atoms with Crippen LogP contribution in [0.1, 0.15) is 19.4 Å². The van der Waals surface area contributed by atoms with E-state index in [9.17, 15) is 9.59 Å². The monoisotopic (exact) mass is 340 g/mol. The van der Waals surface area contributed by atoms with Gasteiger partial charge in [0, 0.05) is 10.7 Å². The molecule has 5 nitrogen and oxygen atoms in total. The Hall–Kier alpha value is -1.82. The van der Waals surface area contributed by atoms with Crippen molar-refractivity contribution in [2.45, 2.75) is 19.9 Å². The van der Waals surface area contributed by atoms with Crippen molar-refractivity contribution in [3.8, 4) is 0 Å². The Labute approximate surface area is 126 Å². The summed E-state index contributed by atoms with van der Waals surface area (Å²) in [5.41, 5.74) is 0.909. The molecule has 2 amide bonds. The summed E-state index contributed by atoms with van der Waals surface area (Å²) in [7, 11) is 0. The van der Waals surface area contributed by atoms with Crippen LogP contribution in [0.25, 0.3) is 6.08 Å². The highest BCUT2D eigenvalue weighted by molar-refractivity contribution is 9.10. The molecule has 0 heterocycles. The zero-order chi connectivity index (χ0) is 15.1. The third-order valence-corrected chi connectivity index (χ3v) is 3.32. The average Bonchev–Trinajstić information content (AvgIpc) is 2.37. The summed E-state index contributed by atoms with van der Waals surface area (Å²) in [6.45, 7) is 3.46. The molecule has 0 radical (unpaired) electrons. The maximum atomic E-state index is 11.6. The van der Waals surface area contributed by atoms with Gasteiger partial charge in [-0.25, -0.2) is 9.59 Å². The normalized spacial score (nSPS) is 12.4. The first kappa shape index (κ1) is 16.2. The molecule has 0 saturated heterocycles. The lowest BCUT2D eigenvalue weighted by molar-refractivity contribution is -0.140. The second-order valence-corrected chi connectivity index (χ2v) is 5.39. The number of aliphatic carboxylic acids is 1. The molecule has 0 fully saturated rings. The van der Waals surface area contributed by atoms with Crippen molar-refractivity contribution in [3.05, 3.63) is 40.5 Å². The molecular weight excluding hydrogens is 324 g/mol. The van der Waals surface area contributed by atoms with Crippen molar-refractivity contribution in [1.82, 2.24) is 10.6 Å². The number of carbonyl (C=O) groups excluding carboxylic acids is 1. The fraction of sp³-hybridized carbons (Fsp3) is 0.286. The van der Waals surface area contributed by atoms with Gasteiger partial charge >= 0.3 is 12.0 Å². The highest BCUT2D eigenvalue weighted by Gasteiger charge is 2.22. The Morgan fingerprint density at radius 1 is 1.30 bits per heavy atom.